The van der Waals surface area contributed by atoms with Gasteiger partial charge in [-0.1, -0.05) is 158 Å². The van der Waals surface area contributed by atoms with Crippen LogP contribution in [0.2, 0.25) is 0 Å². The minimum absolute atomic E-state index is 0.880. The Balaban J connectivity index is 1.18. The van der Waals surface area contributed by atoms with Crippen LogP contribution in [0.1, 0.15) is 0 Å². The lowest BCUT2D eigenvalue weighted by molar-refractivity contribution is 1.17. The van der Waals surface area contributed by atoms with E-state index in [1.54, 1.807) is 12.5 Å². The maximum absolute atomic E-state index is 5.03. The average Bonchev–Trinajstić information content (AvgIpc) is 3.90. The molecule has 0 saturated carbocycles. The van der Waals surface area contributed by atoms with Gasteiger partial charge >= 0.3 is 0 Å². The SMILES string of the molecule is c1ccc(-c2ccc(-c3ccncn3)c3c4cc5c(cc6c7c(-c8cccc9nccnc89)c8ccccc8c(-c8cccc9ccccc89)c7c7cccc5c76)c5cccc(c23)c54)cc1. The molecular weight excluding hydrogens is 801 g/mol. The van der Waals surface area contributed by atoms with E-state index in [0.717, 1.165) is 27.9 Å². The van der Waals surface area contributed by atoms with Crippen molar-refractivity contribution in [1.82, 2.24) is 19.9 Å². The molecule has 13 aromatic carbocycles. The van der Waals surface area contributed by atoms with Gasteiger partial charge in [0.05, 0.1) is 16.7 Å². The van der Waals surface area contributed by atoms with Crippen LogP contribution < -0.4 is 0 Å². The first-order valence-electron chi connectivity index (χ1n) is 22.5. The molecule has 0 aliphatic carbocycles. The normalized spacial score (nSPS) is 12.2. The van der Waals surface area contributed by atoms with E-state index >= 15 is 0 Å². The largest absolute Gasteiger partial charge is 0.253 e. The summed E-state index contributed by atoms with van der Waals surface area (Å²) in [4.78, 5) is 19.0. The van der Waals surface area contributed by atoms with Gasteiger partial charge in [0, 0.05) is 40.7 Å². The van der Waals surface area contributed by atoms with Crippen LogP contribution in [-0.2, 0) is 0 Å². The standard InChI is InChI=1S/C62H34N4/c1-2-12-36(13-3-1)38-26-27-44(52-28-29-63-34-66-52)59-50-32-48-43-21-10-23-46-55(43)51(33-49(48)42-20-9-22-45(54(42)50)56(38)59)61-58(47-24-11-25-53-62(47)65-31-30-64-53)41-18-7-6-17-40(41)57(60(46)61)39-19-8-15-35-14-4-5-16-37(35)39/h1-34H. The maximum Gasteiger partial charge on any atom is 0.116 e. The summed E-state index contributed by atoms with van der Waals surface area (Å²) in [5.74, 6) is 0. The molecule has 0 fully saturated rings. The van der Waals surface area contributed by atoms with Gasteiger partial charge in [0.1, 0.15) is 6.33 Å². The lowest BCUT2D eigenvalue weighted by Crippen LogP contribution is -1.92. The molecule has 0 N–H and O–H groups in total. The monoisotopic (exact) mass is 834 g/mol. The van der Waals surface area contributed by atoms with Gasteiger partial charge in [-0.15, -0.1) is 0 Å². The summed E-state index contributed by atoms with van der Waals surface area (Å²) < 4.78 is 0. The lowest BCUT2D eigenvalue weighted by Gasteiger charge is -2.18. The Labute approximate surface area is 377 Å². The van der Waals surface area contributed by atoms with E-state index in [4.69, 9.17) is 15.0 Å². The molecule has 0 saturated heterocycles. The zero-order chi connectivity index (χ0) is 43.0. The van der Waals surface area contributed by atoms with Gasteiger partial charge in [0.15, 0.2) is 0 Å². The number of hydrogen-bond acceptors (Lipinski definition) is 4. The van der Waals surface area contributed by atoms with Gasteiger partial charge in [0.25, 0.3) is 0 Å². The maximum atomic E-state index is 5.03. The summed E-state index contributed by atoms with van der Waals surface area (Å²) >= 11 is 0. The molecule has 15 rings (SSSR count). The zero-order valence-electron chi connectivity index (χ0n) is 35.4. The third-order valence-electron chi connectivity index (χ3n) is 14.4. The van der Waals surface area contributed by atoms with Gasteiger partial charge in [-0.3, -0.25) is 9.97 Å². The van der Waals surface area contributed by atoms with Crippen LogP contribution >= 0.6 is 0 Å². The van der Waals surface area contributed by atoms with Crippen molar-refractivity contribution >= 4 is 108 Å². The van der Waals surface area contributed by atoms with Crippen molar-refractivity contribution in [1.29, 1.82) is 0 Å². The summed E-state index contributed by atoms with van der Waals surface area (Å²) in [6, 6.07) is 67.3. The van der Waals surface area contributed by atoms with Crippen molar-refractivity contribution in [2.75, 3.05) is 0 Å². The summed E-state index contributed by atoms with van der Waals surface area (Å²) in [5, 5.41) is 22.4. The molecule has 66 heavy (non-hydrogen) atoms. The van der Waals surface area contributed by atoms with E-state index in [-0.39, 0.29) is 0 Å². The Morgan fingerprint density at radius 1 is 0.288 bits per heavy atom. The zero-order valence-corrected chi connectivity index (χ0v) is 35.4. The molecule has 302 valence electrons. The minimum Gasteiger partial charge on any atom is -0.253 e. The van der Waals surface area contributed by atoms with Crippen LogP contribution in [0.4, 0.5) is 0 Å². The van der Waals surface area contributed by atoms with Crippen LogP contribution in [0, 0.1) is 0 Å². The molecule has 0 amide bonds. The molecule has 0 atom stereocenters. The van der Waals surface area contributed by atoms with Crippen LogP contribution in [0.5, 0.6) is 0 Å². The Hall–Kier alpha value is -8.86. The molecule has 0 bridgehead atoms. The number of aromatic nitrogens is 4. The predicted molar refractivity (Wildman–Crippen MR) is 277 cm³/mol. The Kier molecular flexibility index (Phi) is 7.19. The number of para-hydroxylation sites is 1. The summed E-state index contributed by atoms with van der Waals surface area (Å²) in [6.07, 6.45) is 7.11. The predicted octanol–water partition coefficient (Wildman–Crippen LogP) is 16.3. The molecular formula is C62H34N4. The third kappa shape index (κ3) is 4.72. The fourth-order valence-corrected chi connectivity index (χ4v) is 11.8. The van der Waals surface area contributed by atoms with E-state index < -0.39 is 0 Å². The molecule has 0 aliphatic heterocycles. The molecule has 15 aromatic rings. The number of hydrogen-bond donors (Lipinski definition) is 0. The Morgan fingerprint density at radius 3 is 1.62 bits per heavy atom. The second-order valence-electron chi connectivity index (χ2n) is 17.6. The Morgan fingerprint density at radius 2 is 0.848 bits per heavy atom. The molecule has 4 heteroatoms. The van der Waals surface area contributed by atoms with Gasteiger partial charge in [-0.05, 0) is 138 Å². The lowest BCUT2D eigenvalue weighted by atomic mass is 9.85. The quantitative estimate of drug-likeness (QED) is 0.166. The van der Waals surface area contributed by atoms with Crippen LogP contribution in [-0.4, -0.2) is 19.9 Å². The third-order valence-corrected chi connectivity index (χ3v) is 14.4. The number of nitrogens with zero attached hydrogens (tertiary/aromatic N) is 4. The van der Waals surface area contributed by atoms with Crippen molar-refractivity contribution in [2.24, 2.45) is 0 Å². The van der Waals surface area contributed by atoms with Crippen molar-refractivity contribution in [3.63, 3.8) is 0 Å². The first-order valence-corrected chi connectivity index (χ1v) is 22.5. The van der Waals surface area contributed by atoms with Crippen LogP contribution in [0.25, 0.3) is 153 Å². The van der Waals surface area contributed by atoms with Gasteiger partial charge in [-0.2, -0.15) is 0 Å². The molecule has 2 aromatic heterocycles. The second-order valence-corrected chi connectivity index (χ2v) is 17.6. The van der Waals surface area contributed by atoms with E-state index in [0.29, 0.717) is 0 Å². The van der Waals surface area contributed by atoms with Gasteiger partial charge < -0.3 is 0 Å². The highest BCUT2D eigenvalue weighted by Gasteiger charge is 2.28. The van der Waals surface area contributed by atoms with E-state index in [9.17, 15) is 0 Å². The molecule has 0 radical (unpaired) electrons. The second kappa shape index (κ2) is 13.3. The average molecular weight is 835 g/mol. The van der Waals surface area contributed by atoms with E-state index in [1.165, 1.54) is 125 Å². The van der Waals surface area contributed by atoms with Gasteiger partial charge in [0.2, 0.25) is 0 Å². The molecule has 0 aliphatic rings. The van der Waals surface area contributed by atoms with Crippen molar-refractivity contribution in [2.45, 2.75) is 0 Å². The van der Waals surface area contributed by atoms with Crippen molar-refractivity contribution in [3.8, 4) is 44.6 Å². The number of rotatable bonds is 4. The number of benzene rings is 11. The van der Waals surface area contributed by atoms with Crippen molar-refractivity contribution < 1.29 is 0 Å². The topological polar surface area (TPSA) is 51.6 Å². The summed E-state index contributed by atoms with van der Waals surface area (Å²) in [7, 11) is 0. The first kappa shape index (κ1) is 35.6. The highest BCUT2D eigenvalue weighted by Crippen LogP contribution is 2.55. The summed E-state index contributed by atoms with van der Waals surface area (Å²) in [6.45, 7) is 0. The highest BCUT2D eigenvalue weighted by atomic mass is 14.8. The van der Waals surface area contributed by atoms with E-state index in [1.807, 2.05) is 18.5 Å². The minimum atomic E-state index is 0.880. The smallest absolute Gasteiger partial charge is 0.116 e. The van der Waals surface area contributed by atoms with Crippen LogP contribution in [0.15, 0.2) is 207 Å². The first-order chi connectivity index (χ1) is 32.8. The molecule has 2 heterocycles. The fraction of sp³-hybridized carbons (Fsp3) is 0. The fourth-order valence-electron chi connectivity index (χ4n) is 11.8. The van der Waals surface area contributed by atoms with Crippen LogP contribution in [0.3, 0.4) is 0 Å². The highest BCUT2D eigenvalue weighted by molar-refractivity contribution is 6.46. The molecule has 0 unspecified atom stereocenters. The summed E-state index contributed by atoms with van der Waals surface area (Å²) in [5.41, 5.74) is 11.0. The van der Waals surface area contributed by atoms with Gasteiger partial charge in [-0.25, -0.2) is 9.97 Å². The molecule has 4 nitrogen and oxygen atoms in total. The van der Waals surface area contributed by atoms with Crippen molar-refractivity contribution in [3.05, 3.63) is 207 Å². The molecule has 0 spiro atoms. The van der Waals surface area contributed by atoms with E-state index in [2.05, 4.69) is 181 Å². The Bertz CT molecular complexity index is 4490. The number of fused-ring (bicyclic) bond motifs is 12.